The van der Waals surface area contributed by atoms with Gasteiger partial charge >= 0.3 is 0 Å². The number of aromatic nitrogens is 2. The van der Waals surface area contributed by atoms with Crippen molar-refractivity contribution in [2.45, 2.75) is 6.92 Å². The second kappa shape index (κ2) is 4.30. The SMILES string of the molecule is CCNc1cc(-c2ccc(F)cc2F)[nH]n1. The van der Waals surface area contributed by atoms with Crippen LogP contribution in [-0.4, -0.2) is 16.7 Å². The van der Waals surface area contributed by atoms with E-state index in [2.05, 4.69) is 15.5 Å². The van der Waals surface area contributed by atoms with Crippen LogP contribution in [0.2, 0.25) is 0 Å². The minimum Gasteiger partial charge on any atom is -0.369 e. The Labute approximate surface area is 91.5 Å². The van der Waals surface area contributed by atoms with E-state index in [4.69, 9.17) is 0 Å². The van der Waals surface area contributed by atoms with Crippen molar-refractivity contribution < 1.29 is 8.78 Å². The number of halogens is 2. The highest BCUT2D eigenvalue weighted by molar-refractivity contribution is 5.63. The van der Waals surface area contributed by atoms with E-state index in [1.807, 2.05) is 6.92 Å². The van der Waals surface area contributed by atoms with Crippen LogP contribution in [0.3, 0.4) is 0 Å². The first-order valence-electron chi connectivity index (χ1n) is 4.95. The molecule has 2 rings (SSSR count). The highest BCUT2D eigenvalue weighted by Crippen LogP contribution is 2.23. The molecular weight excluding hydrogens is 212 g/mol. The average Bonchev–Trinajstić information content (AvgIpc) is 2.67. The number of hydrogen-bond acceptors (Lipinski definition) is 2. The van der Waals surface area contributed by atoms with Gasteiger partial charge in [-0.25, -0.2) is 8.78 Å². The van der Waals surface area contributed by atoms with Crippen LogP contribution in [0.1, 0.15) is 6.92 Å². The van der Waals surface area contributed by atoms with Crippen molar-refractivity contribution in [3.05, 3.63) is 35.9 Å². The molecule has 0 atom stereocenters. The molecule has 1 heterocycles. The predicted octanol–water partition coefficient (Wildman–Crippen LogP) is 2.79. The number of nitrogens with one attached hydrogen (secondary N) is 2. The van der Waals surface area contributed by atoms with Gasteiger partial charge < -0.3 is 5.32 Å². The molecule has 0 saturated carbocycles. The van der Waals surface area contributed by atoms with Crippen molar-refractivity contribution in [1.82, 2.24) is 10.2 Å². The summed E-state index contributed by atoms with van der Waals surface area (Å²) in [5.74, 6) is -0.555. The van der Waals surface area contributed by atoms with Gasteiger partial charge in [0.25, 0.3) is 0 Å². The van der Waals surface area contributed by atoms with Crippen molar-refractivity contribution in [3.63, 3.8) is 0 Å². The number of benzene rings is 1. The van der Waals surface area contributed by atoms with Gasteiger partial charge in [-0.2, -0.15) is 5.10 Å². The van der Waals surface area contributed by atoms with Crippen LogP contribution >= 0.6 is 0 Å². The van der Waals surface area contributed by atoms with Gasteiger partial charge in [0.05, 0.1) is 5.69 Å². The fourth-order valence-corrected chi connectivity index (χ4v) is 1.44. The fourth-order valence-electron chi connectivity index (χ4n) is 1.44. The first-order valence-corrected chi connectivity index (χ1v) is 4.95. The monoisotopic (exact) mass is 223 g/mol. The van der Waals surface area contributed by atoms with E-state index in [-0.39, 0.29) is 0 Å². The summed E-state index contributed by atoms with van der Waals surface area (Å²) < 4.78 is 26.1. The van der Waals surface area contributed by atoms with Crippen LogP contribution in [0.15, 0.2) is 24.3 Å². The van der Waals surface area contributed by atoms with Gasteiger partial charge in [0.1, 0.15) is 17.5 Å². The normalized spacial score (nSPS) is 10.4. The lowest BCUT2D eigenvalue weighted by Gasteiger charge is -1.99. The molecule has 5 heteroatoms. The van der Waals surface area contributed by atoms with E-state index < -0.39 is 11.6 Å². The first-order chi connectivity index (χ1) is 7.70. The summed E-state index contributed by atoms with van der Waals surface area (Å²) in [6.07, 6.45) is 0. The Morgan fingerprint density at radius 3 is 2.81 bits per heavy atom. The van der Waals surface area contributed by atoms with E-state index in [9.17, 15) is 8.78 Å². The summed E-state index contributed by atoms with van der Waals surface area (Å²) >= 11 is 0. The molecule has 0 unspecified atom stereocenters. The van der Waals surface area contributed by atoms with Crippen LogP contribution in [0, 0.1) is 11.6 Å². The molecule has 2 N–H and O–H groups in total. The van der Waals surface area contributed by atoms with Crippen molar-refractivity contribution in [3.8, 4) is 11.3 Å². The number of anilines is 1. The topological polar surface area (TPSA) is 40.7 Å². The number of hydrogen-bond donors (Lipinski definition) is 2. The summed E-state index contributed by atoms with van der Waals surface area (Å²) in [6, 6.07) is 5.13. The molecule has 1 aromatic heterocycles. The number of nitrogens with zero attached hydrogens (tertiary/aromatic N) is 1. The van der Waals surface area contributed by atoms with Gasteiger partial charge in [0.15, 0.2) is 0 Å². The lowest BCUT2D eigenvalue weighted by atomic mass is 10.1. The molecule has 0 aliphatic heterocycles. The maximum atomic E-state index is 13.4. The van der Waals surface area contributed by atoms with Crippen molar-refractivity contribution in [2.75, 3.05) is 11.9 Å². The lowest BCUT2D eigenvalue weighted by Crippen LogP contribution is -1.95. The molecule has 3 nitrogen and oxygen atoms in total. The Morgan fingerprint density at radius 2 is 2.12 bits per heavy atom. The standard InChI is InChI=1S/C11H11F2N3/c1-2-14-11-6-10(15-16-11)8-4-3-7(12)5-9(8)13/h3-6H,2H2,1H3,(H2,14,15,16). The zero-order valence-electron chi connectivity index (χ0n) is 8.72. The predicted molar refractivity (Wildman–Crippen MR) is 58.1 cm³/mol. The van der Waals surface area contributed by atoms with Crippen molar-refractivity contribution >= 4 is 5.82 Å². The second-order valence-corrected chi connectivity index (χ2v) is 3.32. The Bertz CT molecular complexity index is 494. The van der Waals surface area contributed by atoms with Crippen molar-refractivity contribution in [1.29, 1.82) is 0 Å². The minimum atomic E-state index is -0.605. The average molecular weight is 223 g/mol. The molecule has 0 fully saturated rings. The van der Waals surface area contributed by atoms with E-state index in [1.54, 1.807) is 6.07 Å². The van der Waals surface area contributed by atoms with Crippen molar-refractivity contribution in [2.24, 2.45) is 0 Å². The Morgan fingerprint density at radius 1 is 1.31 bits per heavy atom. The van der Waals surface area contributed by atoms with Crippen LogP contribution in [-0.2, 0) is 0 Å². The van der Waals surface area contributed by atoms with Crippen LogP contribution < -0.4 is 5.32 Å². The quantitative estimate of drug-likeness (QED) is 0.840. The Hall–Kier alpha value is -1.91. The molecule has 0 saturated heterocycles. The van der Waals surface area contributed by atoms with Crippen LogP contribution in [0.25, 0.3) is 11.3 Å². The third kappa shape index (κ3) is 2.03. The molecule has 0 bridgehead atoms. The molecule has 1 aromatic carbocycles. The number of H-pyrrole nitrogens is 1. The second-order valence-electron chi connectivity index (χ2n) is 3.32. The van der Waals surface area contributed by atoms with Gasteiger partial charge in [-0.3, -0.25) is 5.10 Å². The van der Waals surface area contributed by atoms with Gasteiger partial charge in [-0.05, 0) is 19.1 Å². The molecular formula is C11H11F2N3. The zero-order chi connectivity index (χ0) is 11.5. The third-order valence-electron chi connectivity index (χ3n) is 2.16. The van der Waals surface area contributed by atoms with E-state index in [1.165, 1.54) is 12.1 Å². The summed E-state index contributed by atoms with van der Waals surface area (Å²) in [7, 11) is 0. The lowest BCUT2D eigenvalue weighted by molar-refractivity contribution is 0.585. The fraction of sp³-hybridized carbons (Fsp3) is 0.182. The Balaban J connectivity index is 2.35. The molecule has 0 spiro atoms. The number of rotatable bonds is 3. The molecule has 0 aliphatic carbocycles. The summed E-state index contributed by atoms with van der Waals surface area (Å²) in [5.41, 5.74) is 0.825. The molecule has 16 heavy (non-hydrogen) atoms. The third-order valence-corrected chi connectivity index (χ3v) is 2.16. The largest absolute Gasteiger partial charge is 0.369 e. The maximum absolute atomic E-state index is 13.4. The summed E-state index contributed by atoms with van der Waals surface area (Å²) in [4.78, 5) is 0. The molecule has 84 valence electrons. The zero-order valence-corrected chi connectivity index (χ0v) is 8.72. The van der Waals surface area contributed by atoms with E-state index >= 15 is 0 Å². The summed E-state index contributed by atoms with van der Waals surface area (Å²) in [5, 5.41) is 9.63. The van der Waals surface area contributed by atoms with E-state index in [0.29, 0.717) is 17.1 Å². The molecule has 0 radical (unpaired) electrons. The highest BCUT2D eigenvalue weighted by atomic mass is 19.1. The van der Waals surface area contributed by atoms with E-state index in [0.717, 1.165) is 12.6 Å². The Kier molecular flexibility index (Phi) is 2.85. The molecule has 0 aliphatic rings. The first kappa shape index (κ1) is 10.6. The minimum absolute atomic E-state index is 0.304. The molecule has 0 amide bonds. The van der Waals surface area contributed by atoms with Gasteiger partial charge in [0.2, 0.25) is 0 Å². The van der Waals surface area contributed by atoms with Crippen LogP contribution in [0.4, 0.5) is 14.6 Å². The summed E-state index contributed by atoms with van der Waals surface area (Å²) in [6.45, 7) is 2.67. The van der Waals surface area contributed by atoms with Crippen LogP contribution in [0.5, 0.6) is 0 Å². The smallest absolute Gasteiger partial charge is 0.148 e. The molecule has 2 aromatic rings. The number of aromatic amines is 1. The van der Waals surface area contributed by atoms with Gasteiger partial charge in [-0.15, -0.1) is 0 Å². The maximum Gasteiger partial charge on any atom is 0.148 e. The highest BCUT2D eigenvalue weighted by Gasteiger charge is 2.09. The van der Waals surface area contributed by atoms with Gasteiger partial charge in [0, 0.05) is 24.2 Å². The van der Waals surface area contributed by atoms with Gasteiger partial charge in [-0.1, -0.05) is 0 Å².